The van der Waals surface area contributed by atoms with Crippen molar-refractivity contribution in [3.8, 4) is 0 Å². The fourth-order valence-corrected chi connectivity index (χ4v) is 2.68. The van der Waals surface area contributed by atoms with Crippen molar-refractivity contribution in [3.63, 3.8) is 0 Å². The van der Waals surface area contributed by atoms with Gasteiger partial charge in [0.15, 0.2) is 5.78 Å². The van der Waals surface area contributed by atoms with E-state index in [-0.39, 0.29) is 18.0 Å². The second kappa shape index (κ2) is 6.23. The molecule has 1 aliphatic heterocycles. The van der Waals surface area contributed by atoms with Gasteiger partial charge >= 0.3 is 0 Å². The zero-order valence-corrected chi connectivity index (χ0v) is 12.5. The molecule has 1 aliphatic rings. The van der Waals surface area contributed by atoms with Crippen LogP contribution >= 0.6 is 23.2 Å². The van der Waals surface area contributed by atoms with Crippen LogP contribution in [0.1, 0.15) is 24.2 Å². The monoisotopic (exact) mass is 301 g/mol. The second-order valence-corrected chi connectivity index (χ2v) is 5.82. The topological polar surface area (TPSA) is 29.5 Å². The van der Waals surface area contributed by atoms with Gasteiger partial charge in [0, 0.05) is 18.7 Å². The number of morpholine rings is 1. The molecule has 2 unspecified atom stereocenters. The molecule has 5 heteroatoms. The Bertz CT molecular complexity index is 469. The molecule has 1 aromatic rings. The number of rotatable bonds is 3. The van der Waals surface area contributed by atoms with E-state index in [2.05, 4.69) is 4.90 Å². The van der Waals surface area contributed by atoms with Crippen molar-refractivity contribution < 1.29 is 9.53 Å². The van der Waals surface area contributed by atoms with Crippen LogP contribution in [0, 0.1) is 0 Å². The minimum atomic E-state index is 0.0554. The lowest BCUT2D eigenvalue weighted by Gasteiger charge is -2.34. The molecule has 1 heterocycles. The molecule has 1 saturated heterocycles. The van der Waals surface area contributed by atoms with Gasteiger partial charge in [0.1, 0.15) is 0 Å². The van der Waals surface area contributed by atoms with Crippen molar-refractivity contribution in [3.05, 3.63) is 33.8 Å². The summed E-state index contributed by atoms with van der Waals surface area (Å²) in [5.74, 6) is 0.0554. The van der Waals surface area contributed by atoms with Crippen LogP contribution in [0.2, 0.25) is 10.0 Å². The van der Waals surface area contributed by atoms with Gasteiger partial charge in [-0.3, -0.25) is 9.69 Å². The van der Waals surface area contributed by atoms with E-state index in [1.807, 2.05) is 13.8 Å². The average molecular weight is 302 g/mol. The minimum Gasteiger partial charge on any atom is -0.373 e. The summed E-state index contributed by atoms with van der Waals surface area (Å²) >= 11 is 11.8. The van der Waals surface area contributed by atoms with E-state index >= 15 is 0 Å². The van der Waals surface area contributed by atoms with Crippen molar-refractivity contribution in [1.82, 2.24) is 4.90 Å². The number of carbonyl (C=O) groups excluding carboxylic acids is 1. The normalized spacial score (nSPS) is 24.4. The molecule has 0 bridgehead atoms. The molecule has 0 aromatic heterocycles. The maximum atomic E-state index is 12.2. The minimum absolute atomic E-state index is 0.0554. The molecule has 1 fully saturated rings. The van der Waals surface area contributed by atoms with E-state index in [0.717, 1.165) is 13.1 Å². The van der Waals surface area contributed by atoms with Crippen LogP contribution in [-0.4, -0.2) is 42.5 Å². The lowest BCUT2D eigenvalue weighted by Crippen LogP contribution is -2.47. The Hall–Kier alpha value is -0.610. The maximum absolute atomic E-state index is 12.2. The molecule has 2 atom stereocenters. The van der Waals surface area contributed by atoms with Crippen LogP contribution in [0.15, 0.2) is 18.2 Å². The number of hydrogen-bond donors (Lipinski definition) is 0. The van der Waals surface area contributed by atoms with Gasteiger partial charge in [-0.2, -0.15) is 0 Å². The summed E-state index contributed by atoms with van der Waals surface area (Å²) in [6.07, 6.45) is 0.315. The summed E-state index contributed by atoms with van der Waals surface area (Å²) in [5, 5.41) is 0.878. The predicted molar refractivity (Wildman–Crippen MR) is 77.2 cm³/mol. The summed E-state index contributed by atoms with van der Waals surface area (Å²) < 4.78 is 5.65. The first-order valence-corrected chi connectivity index (χ1v) is 7.07. The van der Waals surface area contributed by atoms with Crippen LogP contribution in [-0.2, 0) is 4.74 Å². The Balaban J connectivity index is 2.02. The highest BCUT2D eigenvalue weighted by atomic mass is 35.5. The number of Topliss-reactive ketones (excluding diaryl/α,β-unsaturated/α-hetero) is 1. The van der Waals surface area contributed by atoms with Crippen LogP contribution in [0.4, 0.5) is 0 Å². The van der Waals surface area contributed by atoms with Crippen molar-refractivity contribution in [2.45, 2.75) is 26.1 Å². The Labute approximate surface area is 123 Å². The smallest absolute Gasteiger partial charge is 0.176 e. The molecule has 0 spiro atoms. The molecule has 1 aromatic carbocycles. The van der Waals surface area contributed by atoms with E-state index in [9.17, 15) is 4.79 Å². The third-order valence-corrected chi connectivity index (χ3v) is 3.84. The van der Waals surface area contributed by atoms with Gasteiger partial charge in [-0.1, -0.05) is 23.2 Å². The van der Waals surface area contributed by atoms with E-state index < -0.39 is 0 Å². The molecule has 3 nitrogen and oxygen atoms in total. The summed E-state index contributed by atoms with van der Waals surface area (Å²) in [4.78, 5) is 14.3. The number of benzene rings is 1. The van der Waals surface area contributed by atoms with Crippen LogP contribution in [0.5, 0.6) is 0 Å². The Kier molecular flexibility index (Phi) is 4.85. The summed E-state index contributed by atoms with van der Waals surface area (Å²) in [5.41, 5.74) is 0.598. The molecule has 0 saturated carbocycles. The van der Waals surface area contributed by atoms with Gasteiger partial charge in [0.2, 0.25) is 0 Å². The SMILES string of the molecule is CC1CN(CC(=O)c2ccc(Cl)c(Cl)c2)CC(C)O1. The molecule has 0 aliphatic carbocycles. The van der Waals surface area contributed by atoms with Crippen molar-refractivity contribution in [2.24, 2.45) is 0 Å². The molecular weight excluding hydrogens is 285 g/mol. The largest absolute Gasteiger partial charge is 0.373 e. The number of halogens is 2. The van der Waals surface area contributed by atoms with Crippen molar-refractivity contribution in [2.75, 3.05) is 19.6 Å². The van der Waals surface area contributed by atoms with Gasteiger partial charge in [0.05, 0.1) is 28.8 Å². The number of ketones is 1. The standard InChI is InChI=1S/C14H17Cl2NO2/c1-9-6-17(7-10(2)19-9)8-14(18)11-3-4-12(15)13(16)5-11/h3-5,9-10H,6-8H2,1-2H3. The zero-order valence-electron chi connectivity index (χ0n) is 11.0. The molecule has 2 rings (SSSR count). The lowest BCUT2D eigenvalue weighted by molar-refractivity contribution is -0.0652. The molecule has 19 heavy (non-hydrogen) atoms. The Morgan fingerprint density at radius 1 is 1.26 bits per heavy atom. The van der Waals surface area contributed by atoms with E-state index in [1.165, 1.54) is 0 Å². The molecule has 0 N–H and O–H groups in total. The second-order valence-electron chi connectivity index (χ2n) is 5.00. The lowest BCUT2D eigenvalue weighted by atomic mass is 10.1. The van der Waals surface area contributed by atoms with Crippen LogP contribution in [0.3, 0.4) is 0 Å². The van der Waals surface area contributed by atoms with Crippen molar-refractivity contribution in [1.29, 1.82) is 0 Å². The Morgan fingerprint density at radius 2 is 1.89 bits per heavy atom. The average Bonchev–Trinajstić information content (AvgIpc) is 2.31. The highest BCUT2D eigenvalue weighted by Crippen LogP contribution is 2.23. The maximum Gasteiger partial charge on any atom is 0.176 e. The van der Waals surface area contributed by atoms with Gasteiger partial charge in [0.25, 0.3) is 0 Å². The molecule has 0 radical (unpaired) electrons. The highest BCUT2D eigenvalue weighted by Gasteiger charge is 2.24. The van der Waals surface area contributed by atoms with Gasteiger partial charge in [-0.25, -0.2) is 0 Å². The van der Waals surface area contributed by atoms with E-state index in [0.29, 0.717) is 22.2 Å². The first-order chi connectivity index (χ1) is 8.95. The van der Waals surface area contributed by atoms with Gasteiger partial charge in [-0.05, 0) is 32.0 Å². The van der Waals surface area contributed by atoms with Crippen molar-refractivity contribution >= 4 is 29.0 Å². The van der Waals surface area contributed by atoms with Crippen LogP contribution in [0.25, 0.3) is 0 Å². The number of carbonyl (C=O) groups is 1. The molecule has 104 valence electrons. The summed E-state index contributed by atoms with van der Waals surface area (Å²) in [6, 6.07) is 4.99. The molecular formula is C14H17Cl2NO2. The number of nitrogens with zero attached hydrogens (tertiary/aromatic N) is 1. The zero-order chi connectivity index (χ0) is 14.0. The number of ether oxygens (including phenoxy) is 1. The Morgan fingerprint density at radius 3 is 2.47 bits per heavy atom. The highest BCUT2D eigenvalue weighted by molar-refractivity contribution is 6.42. The van der Waals surface area contributed by atoms with E-state index in [4.69, 9.17) is 27.9 Å². The summed E-state index contributed by atoms with van der Waals surface area (Å²) in [6.45, 7) is 5.98. The third kappa shape index (κ3) is 3.93. The first kappa shape index (κ1) is 14.8. The molecule has 0 amide bonds. The quantitative estimate of drug-likeness (QED) is 0.803. The van der Waals surface area contributed by atoms with E-state index in [1.54, 1.807) is 18.2 Å². The fourth-order valence-electron chi connectivity index (χ4n) is 2.38. The number of hydrogen-bond acceptors (Lipinski definition) is 3. The third-order valence-electron chi connectivity index (χ3n) is 3.10. The van der Waals surface area contributed by atoms with Crippen LogP contribution < -0.4 is 0 Å². The predicted octanol–water partition coefficient (Wildman–Crippen LogP) is 3.29. The van der Waals surface area contributed by atoms with Gasteiger partial charge in [-0.15, -0.1) is 0 Å². The fraction of sp³-hybridized carbons (Fsp3) is 0.500. The van der Waals surface area contributed by atoms with Gasteiger partial charge < -0.3 is 4.74 Å². The first-order valence-electron chi connectivity index (χ1n) is 6.31. The summed E-state index contributed by atoms with van der Waals surface area (Å²) in [7, 11) is 0.